The Balaban J connectivity index is 2.76. The summed E-state index contributed by atoms with van der Waals surface area (Å²) in [5.74, 6) is 0. The molecule has 1 atom stereocenters. The van der Waals surface area contributed by atoms with E-state index in [9.17, 15) is 9.36 Å². The van der Waals surface area contributed by atoms with Crippen molar-refractivity contribution in [2.75, 3.05) is 0 Å². The normalized spacial score (nSPS) is 14.4. The van der Waals surface area contributed by atoms with Crippen molar-refractivity contribution in [2.45, 2.75) is 41.0 Å². The highest BCUT2D eigenvalue weighted by Crippen LogP contribution is 2.56. The summed E-state index contributed by atoms with van der Waals surface area (Å²) >= 11 is 0. The van der Waals surface area contributed by atoms with E-state index in [0.717, 1.165) is 23.1 Å². The Morgan fingerprint density at radius 1 is 1.04 bits per heavy atom. The highest BCUT2D eigenvalue weighted by atomic mass is 31.2. The maximum Gasteiger partial charge on any atom is 0.230 e. The van der Waals surface area contributed by atoms with Crippen LogP contribution in [0.4, 0.5) is 0 Å². The Bertz CT molecular complexity index is 882. The topological polar surface area (TPSA) is 34.1 Å². The molecule has 0 radical (unpaired) electrons. The van der Waals surface area contributed by atoms with Crippen LogP contribution in [0.15, 0.2) is 66.0 Å². The van der Waals surface area contributed by atoms with Gasteiger partial charge in [0.05, 0.1) is 0 Å². The number of aryl methyl sites for hydroxylation is 3. The lowest BCUT2D eigenvalue weighted by Gasteiger charge is -2.21. The zero-order valence-corrected chi connectivity index (χ0v) is 17.1. The lowest BCUT2D eigenvalue weighted by atomic mass is 10.0. The van der Waals surface area contributed by atoms with Crippen molar-refractivity contribution in [3.8, 4) is 0 Å². The molecule has 0 saturated carbocycles. The molecular weight excluding hydrogens is 339 g/mol. The van der Waals surface area contributed by atoms with Gasteiger partial charge in [0, 0.05) is 16.2 Å². The summed E-state index contributed by atoms with van der Waals surface area (Å²) in [6, 6.07) is 13.1. The first-order chi connectivity index (χ1) is 12.4. The van der Waals surface area contributed by atoms with Crippen LogP contribution >= 0.6 is 7.14 Å². The van der Waals surface area contributed by atoms with Crippen molar-refractivity contribution < 1.29 is 9.36 Å². The van der Waals surface area contributed by atoms with E-state index >= 15 is 0 Å². The fourth-order valence-corrected chi connectivity index (χ4v) is 6.02. The lowest BCUT2D eigenvalue weighted by molar-refractivity contribution is 0.107. The van der Waals surface area contributed by atoms with Gasteiger partial charge in [-0.15, -0.1) is 0 Å². The molecule has 0 amide bonds. The van der Waals surface area contributed by atoms with Crippen molar-refractivity contribution in [1.29, 1.82) is 0 Å². The predicted molar refractivity (Wildman–Crippen MR) is 112 cm³/mol. The minimum absolute atomic E-state index is 0.285. The Morgan fingerprint density at radius 3 is 2.12 bits per heavy atom. The van der Waals surface area contributed by atoms with Crippen LogP contribution in [0.3, 0.4) is 0 Å². The van der Waals surface area contributed by atoms with Gasteiger partial charge >= 0.3 is 0 Å². The Labute approximate surface area is 157 Å². The second kappa shape index (κ2) is 8.47. The third kappa shape index (κ3) is 3.81. The first-order valence-electron chi connectivity index (χ1n) is 8.98. The van der Waals surface area contributed by atoms with Crippen molar-refractivity contribution >= 4 is 18.0 Å². The molecule has 2 nitrogen and oxygen atoms in total. The molecule has 0 saturated heterocycles. The summed E-state index contributed by atoms with van der Waals surface area (Å²) in [6.45, 7) is 9.70. The third-order valence-corrected chi connectivity index (χ3v) is 7.44. The SMILES string of the molecule is C/C=C(\C=C/CC)P(=O)(C(=O)c1c(C)cc(C)cc1C)c1ccccc1. The molecule has 136 valence electrons. The minimum atomic E-state index is -3.46. The minimum Gasteiger partial charge on any atom is -0.305 e. The molecule has 1 unspecified atom stereocenters. The maximum atomic E-state index is 14.3. The zero-order valence-electron chi connectivity index (χ0n) is 16.2. The second-order valence-corrected chi connectivity index (χ2v) is 9.21. The van der Waals surface area contributed by atoms with Crippen LogP contribution < -0.4 is 5.30 Å². The molecule has 0 bridgehead atoms. The number of carbonyl (C=O) groups is 1. The standard InChI is InChI=1S/C23H27O2P/c1-6-8-12-20(7-2)26(25,21-13-10-9-11-14-21)23(24)22-18(4)15-17(3)16-19(22)5/h7-16H,6H2,1-5H3/b12-8-,20-7+. The van der Waals surface area contributed by atoms with Gasteiger partial charge in [-0.05, 0) is 45.2 Å². The van der Waals surface area contributed by atoms with E-state index in [1.165, 1.54) is 0 Å². The average molecular weight is 366 g/mol. The molecule has 2 aromatic carbocycles. The highest BCUT2D eigenvalue weighted by Gasteiger charge is 2.38. The van der Waals surface area contributed by atoms with Gasteiger partial charge in [-0.1, -0.05) is 73.2 Å². The number of hydrogen-bond donors (Lipinski definition) is 0. The van der Waals surface area contributed by atoms with Crippen LogP contribution in [0.2, 0.25) is 0 Å². The van der Waals surface area contributed by atoms with Crippen LogP contribution in [-0.2, 0) is 4.57 Å². The van der Waals surface area contributed by atoms with Gasteiger partial charge in [0.2, 0.25) is 12.7 Å². The summed E-state index contributed by atoms with van der Waals surface area (Å²) in [5.41, 5.74) is 3.14. The number of rotatable bonds is 6. The Kier molecular flexibility index (Phi) is 6.56. The van der Waals surface area contributed by atoms with E-state index in [1.54, 1.807) is 18.2 Å². The van der Waals surface area contributed by atoms with E-state index < -0.39 is 7.14 Å². The quantitative estimate of drug-likeness (QED) is 0.443. The van der Waals surface area contributed by atoms with E-state index in [4.69, 9.17) is 0 Å². The molecule has 0 aliphatic carbocycles. The molecule has 0 fully saturated rings. The van der Waals surface area contributed by atoms with Gasteiger partial charge in [-0.2, -0.15) is 0 Å². The number of allylic oxidation sites excluding steroid dienone is 4. The zero-order chi connectivity index (χ0) is 19.3. The van der Waals surface area contributed by atoms with E-state index in [1.807, 2.05) is 77.1 Å². The van der Waals surface area contributed by atoms with Gasteiger partial charge in [0.1, 0.15) is 0 Å². The van der Waals surface area contributed by atoms with Gasteiger partial charge in [0.15, 0.2) is 0 Å². The Morgan fingerprint density at radius 2 is 1.62 bits per heavy atom. The second-order valence-electron chi connectivity index (χ2n) is 6.55. The first-order valence-corrected chi connectivity index (χ1v) is 10.7. The van der Waals surface area contributed by atoms with Crippen molar-refractivity contribution in [2.24, 2.45) is 0 Å². The van der Waals surface area contributed by atoms with Gasteiger partial charge in [-0.25, -0.2) is 0 Å². The Hall–Kier alpha value is -2.18. The summed E-state index contributed by atoms with van der Waals surface area (Å²) in [7, 11) is -3.46. The van der Waals surface area contributed by atoms with Gasteiger partial charge in [0.25, 0.3) is 0 Å². The average Bonchev–Trinajstić information content (AvgIpc) is 2.61. The fraction of sp³-hybridized carbons (Fsp3) is 0.261. The number of benzene rings is 2. The van der Waals surface area contributed by atoms with Crippen LogP contribution in [-0.4, -0.2) is 5.52 Å². The molecule has 0 heterocycles. The van der Waals surface area contributed by atoms with Gasteiger partial charge < -0.3 is 4.57 Å². The molecule has 0 aromatic heterocycles. The van der Waals surface area contributed by atoms with E-state index in [2.05, 4.69) is 0 Å². The van der Waals surface area contributed by atoms with Crippen molar-refractivity contribution in [3.63, 3.8) is 0 Å². The highest BCUT2D eigenvalue weighted by molar-refractivity contribution is 7.91. The molecule has 2 aromatic rings. The maximum absolute atomic E-state index is 14.3. The molecular formula is C23H27O2P. The molecule has 0 spiro atoms. The van der Waals surface area contributed by atoms with Crippen LogP contribution in [0, 0.1) is 20.8 Å². The fourth-order valence-electron chi connectivity index (χ4n) is 3.32. The summed E-state index contributed by atoms with van der Waals surface area (Å²) in [5, 5.41) is 1.17. The largest absolute Gasteiger partial charge is 0.305 e. The van der Waals surface area contributed by atoms with Crippen LogP contribution in [0.5, 0.6) is 0 Å². The number of hydrogen-bond acceptors (Lipinski definition) is 2. The summed E-state index contributed by atoms with van der Waals surface area (Å²) in [6.07, 6.45) is 6.41. The first kappa shape index (κ1) is 20.1. The monoisotopic (exact) mass is 366 g/mol. The summed E-state index contributed by atoms with van der Waals surface area (Å²) < 4.78 is 14.3. The lowest BCUT2D eigenvalue weighted by Crippen LogP contribution is -2.16. The summed E-state index contributed by atoms with van der Waals surface area (Å²) in [4.78, 5) is 13.6. The van der Waals surface area contributed by atoms with E-state index in [-0.39, 0.29) is 5.52 Å². The molecule has 2 rings (SSSR count). The molecule has 3 heteroatoms. The third-order valence-electron chi connectivity index (χ3n) is 4.48. The van der Waals surface area contributed by atoms with Crippen molar-refractivity contribution in [1.82, 2.24) is 0 Å². The molecule has 0 aliphatic heterocycles. The molecule has 0 aliphatic rings. The predicted octanol–water partition coefficient (Wildman–Crippen LogP) is 6.31. The van der Waals surface area contributed by atoms with Crippen LogP contribution in [0.25, 0.3) is 0 Å². The number of carbonyl (C=O) groups excluding carboxylic acids is 1. The van der Waals surface area contributed by atoms with Crippen molar-refractivity contribution in [3.05, 3.63) is 88.3 Å². The van der Waals surface area contributed by atoms with Gasteiger partial charge in [-0.3, -0.25) is 4.79 Å². The molecule has 0 N–H and O–H groups in total. The molecule has 26 heavy (non-hydrogen) atoms. The van der Waals surface area contributed by atoms with E-state index in [0.29, 0.717) is 16.2 Å². The smallest absolute Gasteiger partial charge is 0.230 e. The van der Waals surface area contributed by atoms with Crippen LogP contribution in [0.1, 0.15) is 47.3 Å².